The maximum Gasteiger partial charge on any atom is 0.300 e. The molecule has 0 aliphatic heterocycles. The van der Waals surface area contributed by atoms with Gasteiger partial charge in [0.25, 0.3) is 17.9 Å². The summed E-state index contributed by atoms with van der Waals surface area (Å²) in [5.74, 6) is -1.58. The Kier molecular flexibility index (Phi) is 18.4. The molecule has 2 aromatic rings. The topological polar surface area (TPSA) is 121 Å². The van der Waals surface area contributed by atoms with Crippen LogP contribution in [0.25, 0.3) is 0 Å². The van der Waals surface area contributed by atoms with E-state index in [4.69, 9.17) is 34.4 Å². The molecule has 8 heteroatoms. The Hall–Kier alpha value is -2.69. The molecule has 2 aromatic carbocycles. The Morgan fingerprint density at radius 2 is 1.21 bits per heavy atom. The zero-order valence-electron chi connectivity index (χ0n) is 16.7. The van der Waals surface area contributed by atoms with Crippen molar-refractivity contribution in [3.05, 3.63) is 67.3 Å². The van der Waals surface area contributed by atoms with Gasteiger partial charge < -0.3 is 15.3 Å². The van der Waals surface area contributed by atoms with E-state index in [0.717, 1.165) is 26.5 Å². The molecule has 0 heterocycles. The van der Waals surface area contributed by atoms with Crippen molar-refractivity contribution < 1.29 is 34.4 Å². The second-order valence-electron chi connectivity index (χ2n) is 5.17. The molecular weight excluding hydrogens is 571 g/mol. The molecule has 0 fully saturated rings. The maximum atomic E-state index is 9.00. The van der Waals surface area contributed by atoms with Crippen LogP contribution in [-0.4, -0.2) is 64.1 Å². The Balaban J connectivity index is 0. The smallest absolute Gasteiger partial charge is 0.300 e. The van der Waals surface area contributed by atoms with E-state index in [2.05, 4.69) is 61.2 Å². The number of ether oxygens (including phenoxy) is 1. The summed E-state index contributed by atoms with van der Waals surface area (Å²) >= 11 is -0.867. The van der Waals surface area contributed by atoms with Crippen molar-refractivity contribution in [2.24, 2.45) is 0 Å². The standard InChI is InChI=1S/C9H9O.C6H5.3C2H4O2.Pb/c1-2-8-10-9-6-4-3-5-7-9;1-2-4-6-5-3-1;3*1-2(3)4;/h2,4-7H,1,8H2;1-5H;3*1H3,(H,3,4);. The van der Waals surface area contributed by atoms with Gasteiger partial charge in [0.2, 0.25) is 0 Å². The maximum absolute atomic E-state index is 9.00. The number of aliphatic carboxylic acids is 3. The van der Waals surface area contributed by atoms with E-state index in [1.165, 1.54) is 6.25 Å². The summed E-state index contributed by atoms with van der Waals surface area (Å²) in [6.07, 6.45) is 1.76. The van der Waals surface area contributed by atoms with Gasteiger partial charge in [0.1, 0.15) is 0 Å². The average molecular weight is 598 g/mol. The first-order valence-corrected chi connectivity index (χ1v) is 12.2. The molecule has 0 unspecified atom stereocenters. The Morgan fingerprint density at radius 1 is 0.828 bits per heavy atom. The molecule has 0 bridgehead atoms. The van der Waals surface area contributed by atoms with Crippen molar-refractivity contribution in [2.75, 3.05) is 6.61 Å². The predicted octanol–water partition coefficient (Wildman–Crippen LogP) is 2.18. The first kappa shape index (κ1) is 28.5. The van der Waals surface area contributed by atoms with Crippen LogP contribution in [0.5, 0.6) is 5.75 Å². The van der Waals surface area contributed by atoms with Gasteiger partial charge in [-0.05, 0) is 0 Å². The van der Waals surface area contributed by atoms with E-state index in [1.807, 2.05) is 0 Å². The minimum absolute atomic E-state index is 0.569. The van der Waals surface area contributed by atoms with Crippen LogP contribution in [-0.2, 0) is 14.4 Å². The predicted molar refractivity (Wildman–Crippen MR) is 114 cm³/mol. The van der Waals surface area contributed by atoms with Crippen LogP contribution in [0.1, 0.15) is 20.8 Å². The van der Waals surface area contributed by atoms with Crippen LogP contribution < -0.4 is 11.0 Å². The largest absolute Gasteiger partial charge is 0.481 e. The molecule has 29 heavy (non-hydrogen) atoms. The van der Waals surface area contributed by atoms with E-state index in [-0.39, 0.29) is 0 Å². The van der Waals surface area contributed by atoms with Crippen LogP contribution in [0.3, 0.4) is 0 Å². The second-order valence-corrected chi connectivity index (χ2v) is 10.6. The molecule has 0 aliphatic rings. The van der Waals surface area contributed by atoms with Gasteiger partial charge >= 0.3 is 115 Å². The van der Waals surface area contributed by atoms with Gasteiger partial charge in [-0.15, -0.1) is 0 Å². The normalized spacial score (nSPS) is 8.38. The third-order valence-electron chi connectivity index (χ3n) is 2.28. The molecule has 0 aliphatic carbocycles. The molecule has 0 amide bonds. The van der Waals surface area contributed by atoms with Crippen LogP contribution in [0.4, 0.5) is 0 Å². The molecule has 0 atom stereocenters. The SMILES string of the molecule is C=CCOc1cc[c]([Pb][c]2ccccc2)cc1.CC(=O)O.CC(=O)O.CC(=O)O. The average Bonchev–Trinajstić information content (AvgIpc) is 2.61. The Morgan fingerprint density at radius 3 is 1.59 bits per heavy atom. The number of benzene rings is 2. The van der Waals surface area contributed by atoms with E-state index in [9.17, 15) is 0 Å². The molecule has 156 valence electrons. The zero-order valence-corrected chi connectivity index (χ0v) is 20.5. The molecule has 0 aromatic heterocycles. The molecule has 7 nitrogen and oxygen atoms in total. The van der Waals surface area contributed by atoms with Gasteiger partial charge in [-0.25, -0.2) is 0 Å². The first-order chi connectivity index (χ1) is 13.6. The number of hydrogen-bond acceptors (Lipinski definition) is 4. The van der Waals surface area contributed by atoms with Gasteiger partial charge in [-0.2, -0.15) is 0 Å². The minimum Gasteiger partial charge on any atom is -0.481 e. The van der Waals surface area contributed by atoms with Gasteiger partial charge in [-0.3, -0.25) is 14.4 Å². The van der Waals surface area contributed by atoms with Crippen molar-refractivity contribution >= 4 is 48.4 Å². The third-order valence-corrected chi connectivity index (χ3v) is 7.12. The Labute approximate surface area is 182 Å². The fourth-order valence-electron chi connectivity index (χ4n) is 1.48. The summed E-state index contributed by atoms with van der Waals surface area (Å²) in [5, 5.41) is 22.2. The third kappa shape index (κ3) is 25.3. The quantitative estimate of drug-likeness (QED) is 0.357. The summed E-state index contributed by atoms with van der Waals surface area (Å²) in [6, 6.07) is 19.2. The zero-order chi connectivity index (χ0) is 22.7. The monoisotopic (exact) mass is 598 g/mol. The van der Waals surface area contributed by atoms with Crippen LogP contribution >= 0.6 is 0 Å². The summed E-state index contributed by atoms with van der Waals surface area (Å²) in [6.45, 7) is 7.45. The van der Waals surface area contributed by atoms with Crippen LogP contribution in [0, 0.1) is 0 Å². The number of hydrogen-bond donors (Lipinski definition) is 3. The minimum atomic E-state index is -0.867. The molecule has 0 spiro atoms. The number of rotatable bonds is 5. The molecule has 2 rings (SSSR count). The fraction of sp³-hybridized carbons (Fsp3) is 0.190. The van der Waals surface area contributed by atoms with Crippen molar-refractivity contribution in [1.82, 2.24) is 0 Å². The summed E-state index contributed by atoms with van der Waals surface area (Å²) in [4.78, 5) is 27.0. The molecule has 3 N–H and O–H groups in total. The van der Waals surface area contributed by atoms with Gasteiger partial charge in [0.05, 0.1) is 0 Å². The van der Waals surface area contributed by atoms with E-state index in [0.29, 0.717) is 6.61 Å². The molecule has 2 radical (unpaired) electrons. The van der Waals surface area contributed by atoms with Crippen molar-refractivity contribution in [1.29, 1.82) is 0 Å². The summed E-state index contributed by atoms with van der Waals surface area (Å²) in [5.41, 5.74) is 0. The van der Waals surface area contributed by atoms with Gasteiger partial charge in [0, 0.05) is 20.8 Å². The summed E-state index contributed by atoms with van der Waals surface area (Å²) in [7, 11) is 0. The molecular formula is C21H26O7Pb. The Bertz CT molecular complexity index is 688. The van der Waals surface area contributed by atoms with E-state index < -0.39 is 42.1 Å². The van der Waals surface area contributed by atoms with E-state index in [1.54, 1.807) is 6.08 Å². The van der Waals surface area contributed by atoms with Crippen molar-refractivity contribution in [3.63, 3.8) is 0 Å². The number of carboxylic acid groups (broad SMARTS) is 3. The van der Waals surface area contributed by atoms with Crippen LogP contribution in [0.2, 0.25) is 0 Å². The summed E-state index contributed by atoms with van der Waals surface area (Å²) < 4.78 is 8.47. The first-order valence-electron chi connectivity index (χ1n) is 8.32. The van der Waals surface area contributed by atoms with Crippen molar-refractivity contribution in [3.8, 4) is 5.75 Å². The van der Waals surface area contributed by atoms with Gasteiger partial charge in [-0.1, -0.05) is 0 Å². The van der Waals surface area contributed by atoms with E-state index >= 15 is 0 Å². The van der Waals surface area contributed by atoms with Gasteiger partial charge in [0.15, 0.2) is 0 Å². The molecule has 0 saturated heterocycles. The fourth-order valence-corrected chi connectivity index (χ4v) is 5.47. The van der Waals surface area contributed by atoms with Crippen LogP contribution in [0.15, 0.2) is 67.3 Å². The molecule has 0 saturated carbocycles. The number of carboxylic acids is 3. The van der Waals surface area contributed by atoms with Crippen molar-refractivity contribution in [2.45, 2.75) is 20.8 Å². The second kappa shape index (κ2) is 18.7. The number of carbonyl (C=O) groups is 3.